The van der Waals surface area contributed by atoms with E-state index in [2.05, 4.69) is 26.6 Å². The predicted molar refractivity (Wildman–Crippen MR) is 108 cm³/mol. The van der Waals surface area contributed by atoms with Crippen molar-refractivity contribution in [2.75, 3.05) is 10.6 Å². The number of ether oxygens (including phenoxy) is 1. The van der Waals surface area contributed by atoms with Crippen LogP contribution in [0.4, 0.5) is 11.4 Å². The molecule has 0 aliphatic rings. The Morgan fingerprint density at radius 2 is 1.62 bits per heavy atom. The summed E-state index contributed by atoms with van der Waals surface area (Å²) in [6, 6.07) is 12.0. The highest BCUT2D eigenvalue weighted by Crippen LogP contribution is 2.29. The maximum absolute atomic E-state index is 12.4. The number of carbonyl (C=O) groups is 2. The molecule has 2 rings (SSSR count). The van der Waals surface area contributed by atoms with Crippen molar-refractivity contribution in [1.82, 2.24) is 0 Å². The van der Waals surface area contributed by atoms with E-state index in [9.17, 15) is 9.59 Å². The molecule has 0 saturated heterocycles. The zero-order chi connectivity index (χ0) is 19.3. The molecule has 26 heavy (non-hydrogen) atoms. The lowest BCUT2D eigenvalue weighted by molar-refractivity contribution is -0.122. The molecule has 0 aliphatic carbocycles. The number of anilines is 2. The topological polar surface area (TPSA) is 67.4 Å². The zero-order valence-electron chi connectivity index (χ0n) is 14.7. The van der Waals surface area contributed by atoms with Crippen LogP contribution in [0, 0.1) is 5.92 Å². The molecule has 0 bridgehead atoms. The number of carbonyl (C=O) groups excluding carboxylic acids is 2. The average Bonchev–Trinajstić information content (AvgIpc) is 2.57. The van der Waals surface area contributed by atoms with Crippen molar-refractivity contribution in [3.05, 3.63) is 52.0 Å². The molecule has 5 nitrogen and oxygen atoms in total. The maximum atomic E-state index is 12.4. The summed E-state index contributed by atoms with van der Waals surface area (Å²) >= 11 is 9.25. The first kappa shape index (κ1) is 20.3. The fraction of sp³-hybridized carbons (Fsp3) is 0.263. The van der Waals surface area contributed by atoms with Crippen molar-refractivity contribution in [3.63, 3.8) is 0 Å². The van der Waals surface area contributed by atoms with Crippen LogP contribution in [-0.2, 0) is 9.59 Å². The molecule has 1 atom stereocenters. The fourth-order valence-electron chi connectivity index (χ4n) is 2.02. The smallest absolute Gasteiger partial charge is 0.265 e. The molecule has 138 valence electrons. The van der Waals surface area contributed by atoms with E-state index >= 15 is 0 Å². The van der Waals surface area contributed by atoms with Crippen molar-refractivity contribution in [1.29, 1.82) is 0 Å². The number of hydrogen-bond donors (Lipinski definition) is 2. The van der Waals surface area contributed by atoms with E-state index in [1.54, 1.807) is 49.4 Å². The van der Waals surface area contributed by atoms with E-state index in [-0.39, 0.29) is 17.7 Å². The highest BCUT2D eigenvalue weighted by Gasteiger charge is 2.17. The summed E-state index contributed by atoms with van der Waals surface area (Å²) in [5.74, 6) is 0.00596. The quantitative estimate of drug-likeness (QED) is 0.658. The molecule has 0 aliphatic heterocycles. The van der Waals surface area contributed by atoms with Gasteiger partial charge in [-0.15, -0.1) is 0 Å². The minimum Gasteiger partial charge on any atom is -0.480 e. The second-order valence-electron chi connectivity index (χ2n) is 6.05. The van der Waals surface area contributed by atoms with Crippen molar-refractivity contribution >= 4 is 50.7 Å². The van der Waals surface area contributed by atoms with Crippen LogP contribution in [-0.4, -0.2) is 17.9 Å². The molecule has 2 aromatic rings. The van der Waals surface area contributed by atoms with Crippen molar-refractivity contribution in [3.8, 4) is 5.75 Å². The van der Waals surface area contributed by atoms with Crippen LogP contribution in [0.25, 0.3) is 0 Å². The Morgan fingerprint density at radius 1 is 1.00 bits per heavy atom. The molecule has 0 heterocycles. The van der Waals surface area contributed by atoms with Gasteiger partial charge in [0.1, 0.15) is 5.75 Å². The van der Waals surface area contributed by atoms with Gasteiger partial charge < -0.3 is 15.4 Å². The van der Waals surface area contributed by atoms with Crippen molar-refractivity contribution in [2.45, 2.75) is 26.9 Å². The summed E-state index contributed by atoms with van der Waals surface area (Å²) in [6.07, 6.45) is -0.721. The average molecular weight is 440 g/mol. The van der Waals surface area contributed by atoms with Gasteiger partial charge in [0.05, 0.1) is 4.47 Å². The molecule has 0 aromatic heterocycles. The lowest BCUT2D eigenvalue weighted by Crippen LogP contribution is -2.30. The van der Waals surface area contributed by atoms with E-state index in [4.69, 9.17) is 16.3 Å². The molecule has 2 aromatic carbocycles. The van der Waals surface area contributed by atoms with E-state index in [0.717, 1.165) is 0 Å². The van der Waals surface area contributed by atoms with Gasteiger partial charge in [0.25, 0.3) is 5.91 Å². The highest BCUT2D eigenvalue weighted by molar-refractivity contribution is 9.10. The Balaban J connectivity index is 2.01. The molecule has 2 N–H and O–H groups in total. The Bertz CT molecular complexity index is 811. The van der Waals surface area contributed by atoms with Crippen LogP contribution >= 0.6 is 27.5 Å². The summed E-state index contributed by atoms with van der Waals surface area (Å²) < 4.78 is 6.34. The third-order valence-electron chi connectivity index (χ3n) is 3.49. The number of halogens is 2. The number of hydrogen-bond acceptors (Lipinski definition) is 3. The Hall–Kier alpha value is -2.05. The first-order valence-corrected chi connectivity index (χ1v) is 9.27. The summed E-state index contributed by atoms with van der Waals surface area (Å²) in [5.41, 5.74) is 1.19. The van der Waals surface area contributed by atoms with Gasteiger partial charge in [-0.3, -0.25) is 9.59 Å². The van der Waals surface area contributed by atoms with Gasteiger partial charge in [-0.1, -0.05) is 31.5 Å². The lowest BCUT2D eigenvalue weighted by atomic mass is 10.2. The lowest BCUT2D eigenvalue weighted by Gasteiger charge is -2.16. The van der Waals surface area contributed by atoms with Gasteiger partial charge >= 0.3 is 0 Å². The van der Waals surface area contributed by atoms with Crippen molar-refractivity contribution < 1.29 is 14.3 Å². The van der Waals surface area contributed by atoms with E-state index in [0.29, 0.717) is 26.6 Å². The summed E-state index contributed by atoms with van der Waals surface area (Å²) in [4.78, 5) is 24.2. The van der Waals surface area contributed by atoms with Crippen LogP contribution in [0.3, 0.4) is 0 Å². The summed E-state index contributed by atoms with van der Waals surface area (Å²) in [6.45, 7) is 5.28. The number of benzene rings is 2. The minimum absolute atomic E-state index is 0.0854. The number of amides is 2. The molecule has 7 heteroatoms. The van der Waals surface area contributed by atoms with Crippen LogP contribution in [0.15, 0.2) is 46.9 Å². The number of nitrogens with one attached hydrogen (secondary N) is 2. The normalized spacial score (nSPS) is 11.8. The molecular weight excluding hydrogens is 420 g/mol. The zero-order valence-corrected chi connectivity index (χ0v) is 17.0. The van der Waals surface area contributed by atoms with Crippen LogP contribution in [0.1, 0.15) is 20.8 Å². The Labute approximate surface area is 166 Å². The molecule has 0 fully saturated rings. The first-order valence-electron chi connectivity index (χ1n) is 8.09. The summed E-state index contributed by atoms with van der Waals surface area (Å²) in [5, 5.41) is 6.15. The van der Waals surface area contributed by atoms with Gasteiger partial charge in [-0.2, -0.15) is 0 Å². The molecule has 2 amide bonds. The van der Waals surface area contributed by atoms with E-state index < -0.39 is 6.10 Å². The second-order valence-corrected chi connectivity index (χ2v) is 7.34. The third-order valence-corrected chi connectivity index (χ3v) is 4.34. The largest absolute Gasteiger partial charge is 0.480 e. The second kappa shape index (κ2) is 9.05. The van der Waals surface area contributed by atoms with Gasteiger partial charge in [-0.05, 0) is 59.3 Å². The Kier molecular flexibility index (Phi) is 7.06. The van der Waals surface area contributed by atoms with E-state index in [1.165, 1.54) is 0 Å². The summed E-state index contributed by atoms with van der Waals surface area (Å²) in [7, 11) is 0. The highest BCUT2D eigenvalue weighted by atomic mass is 79.9. The van der Waals surface area contributed by atoms with Gasteiger partial charge in [0.15, 0.2) is 6.10 Å². The van der Waals surface area contributed by atoms with Crippen LogP contribution < -0.4 is 15.4 Å². The fourth-order valence-corrected chi connectivity index (χ4v) is 2.80. The van der Waals surface area contributed by atoms with Gasteiger partial charge in [0, 0.05) is 22.3 Å². The van der Waals surface area contributed by atoms with E-state index in [1.807, 2.05) is 13.8 Å². The van der Waals surface area contributed by atoms with Crippen LogP contribution in [0.2, 0.25) is 5.02 Å². The molecule has 0 saturated carbocycles. The SMILES string of the molecule is CC(C)C(=O)Nc1cccc(NC(=O)C(C)Oc2ccc(Cl)cc2Br)c1. The predicted octanol–water partition coefficient (Wildman–Crippen LogP) is 5.10. The minimum atomic E-state index is -0.721. The first-order chi connectivity index (χ1) is 12.3. The standard InChI is InChI=1S/C19H20BrClN2O3/c1-11(2)18(24)22-14-5-4-6-15(10-14)23-19(25)12(3)26-17-8-7-13(21)9-16(17)20/h4-12H,1-3H3,(H,22,24)(H,23,25). The van der Waals surface area contributed by atoms with Crippen LogP contribution in [0.5, 0.6) is 5.75 Å². The number of rotatable bonds is 6. The van der Waals surface area contributed by atoms with Crippen molar-refractivity contribution in [2.24, 2.45) is 5.92 Å². The third kappa shape index (κ3) is 5.75. The van der Waals surface area contributed by atoms with Gasteiger partial charge in [0.2, 0.25) is 5.91 Å². The Morgan fingerprint density at radius 3 is 2.19 bits per heavy atom. The molecule has 0 spiro atoms. The molecule has 1 unspecified atom stereocenters. The monoisotopic (exact) mass is 438 g/mol. The van der Waals surface area contributed by atoms with Gasteiger partial charge in [-0.25, -0.2) is 0 Å². The molecule has 0 radical (unpaired) electrons. The maximum Gasteiger partial charge on any atom is 0.265 e. The molecular formula is C19H20BrClN2O3.